The molecule has 0 aromatic carbocycles. The quantitative estimate of drug-likeness (QED) is 0.718. The number of nitrogens with zero attached hydrogens (tertiary/aromatic N) is 3. The van der Waals surface area contributed by atoms with Crippen LogP contribution in [0.5, 0.6) is 0 Å². The molecule has 1 aromatic rings. The Morgan fingerprint density at radius 1 is 1.53 bits per heavy atom. The van der Waals surface area contributed by atoms with E-state index in [1.54, 1.807) is 11.6 Å². The highest BCUT2D eigenvalue weighted by Crippen LogP contribution is 1.98. The summed E-state index contributed by atoms with van der Waals surface area (Å²) in [7, 11) is -2.89. The summed E-state index contributed by atoms with van der Waals surface area (Å²) >= 11 is 0. The molecule has 1 rings (SSSR count). The van der Waals surface area contributed by atoms with E-state index in [-0.39, 0.29) is 11.5 Å². The van der Waals surface area contributed by atoms with Crippen molar-refractivity contribution in [1.29, 1.82) is 0 Å². The number of aryl methyl sites for hydroxylation is 1. The van der Waals surface area contributed by atoms with Gasteiger partial charge in [0.2, 0.25) is 0 Å². The molecule has 0 atom stereocenters. The summed E-state index contributed by atoms with van der Waals surface area (Å²) in [6.07, 6.45) is 1.98. The van der Waals surface area contributed by atoms with Gasteiger partial charge in [-0.2, -0.15) is 5.10 Å². The summed E-state index contributed by atoms with van der Waals surface area (Å²) in [6.45, 7) is 2.52. The third kappa shape index (κ3) is 3.60. The van der Waals surface area contributed by atoms with Crippen LogP contribution in [0, 0.1) is 0 Å². The largest absolute Gasteiger partial charge is 0.324 e. The maximum Gasteiger partial charge on any atom is 0.150 e. The minimum Gasteiger partial charge on any atom is -0.324 e. The van der Waals surface area contributed by atoms with Crippen molar-refractivity contribution in [3.05, 3.63) is 12.2 Å². The second kappa shape index (κ2) is 5.22. The van der Waals surface area contributed by atoms with E-state index in [4.69, 9.17) is 5.73 Å². The third-order valence-corrected chi connectivity index (χ3v) is 3.93. The lowest BCUT2D eigenvalue weighted by atomic mass is 10.5. The molecule has 0 saturated carbocycles. The van der Waals surface area contributed by atoms with Crippen molar-refractivity contribution in [1.82, 2.24) is 14.8 Å². The predicted molar refractivity (Wildman–Crippen MR) is 56.9 cm³/mol. The Kier molecular flexibility index (Phi) is 4.22. The van der Waals surface area contributed by atoms with Crippen LogP contribution in [0.3, 0.4) is 0 Å². The van der Waals surface area contributed by atoms with E-state index in [0.717, 1.165) is 0 Å². The van der Waals surface area contributed by atoms with Gasteiger partial charge in [-0.25, -0.2) is 18.1 Å². The fourth-order valence-corrected chi connectivity index (χ4v) is 2.07. The van der Waals surface area contributed by atoms with E-state index in [0.29, 0.717) is 25.3 Å². The monoisotopic (exact) mass is 232 g/mol. The minimum atomic E-state index is -2.89. The Bertz CT molecular complexity index is 399. The van der Waals surface area contributed by atoms with Gasteiger partial charge in [-0.1, -0.05) is 6.92 Å². The van der Waals surface area contributed by atoms with Gasteiger partial charge in [-0.15, -0.1) is 0 Å². The highest BCUT2D eigenvalue weighted by Gasteiger charge is 2.08. The molecule has 0 radical (unpaired) electrons. The van der Waals surface area contributed by atoms with E-state index >= 15 is 0 Å². The predicted octanol–water partition coefficient (Wildman–Crippen LogP) is -0.438. The molecular formula is C8H16N4O2S. The number of sulfone groups is 1. The first-order chi connectivity index (χ1) is 7.09. The summed E-state index contributed by atoms with van der Waals surface area (Å²) in [5.74, 6) is 1.06. The molecular weight excluding hydrogens is 216 g/mol. The van der Waals surface area contributed by atoms with Crippen molar-refractivity contribution in [2.75, 3.05) is 11.5 Å². The first kappa shape index (κ1) is 12.1. The molecule has 86 valence electrons. The zero-order valence-electron chi connectivity index (χ0n) is 8.76. The Hall–Kier alpha value is -0.950. The topological polar surface area (TPSA) is 90.9 Å². The van der Waals surface area contributed by atoms with Crippen LogP contribution in [-0.4, -0.2) is 34.7 Å². The number of hydrogen-bond donors (Lipinski definition) is 1. The lowest BCUT2D eigenvalue weighted by Gasteiger charge is -2.04. The van der Waals surface area contributed by atoms with Gasteiger partial charge in [0, 0.05) is 12.3 Å². The van der Waals surface area contributed by atoms with Gasteiger partial charge in [0.15, 0.2) is 0 Å². The van der Waals surface area contributed by atoms with Crippen molar-refractivity contribution in [3.63, 3.8) is 0 Å². The smallest absolute Gasteiger partial charge is 0.150 e. The van der Waals surface area contributed by atoms with E-state index in [1.165, 1.54) is 6.33 Å². The Morgan fingerprint density at radius 3 is 2.87 bits per heavy atom. The average Bonchev–Trinajstić information content (AvgIpc) is 2.65. The first-order valence-corrected chi connectivity index (χ1v) is 6.68. The molecule has 0 aliphatic heterocycles. The van der Waals surface area contributed by atoms with Crippen LogP contribution in [0.4, 0.5) is 0 Å². The molecule has 0 spiro atoms. The van der Waals surface area contributed by atoms with Crippen molar-refractivity contribution >= 4 is 9.84 Å². The highest BCUT2D eigenvalue weighted by atomic mass is 32.2. The van der Waals surface area contributed by atoms with Crippen LogP contribution < -0.4 is 5.73 Å². The van der Waals surface area contributed by atoms with E-state index in [2.05, 4.69) is 10.1 Å². The van der Waals surface area contributed by atoms with E-state index < -0.39 is 9.84 Å². The van der Waals surface area contributed by atoms with E-state index in [1.807, 2.05) is 0 Å². The summed E-state index contributed by atoms with van der Waals surface area (Å²) < 4.78 is 24.1. The van der Waals surface area contributed by atoms with Crippen molar-refractivity contribution in [2.24, 2.45) is 5.73 Å². The zero-order valence-corrected chi connectivity index (χ0v) is 9.57. The highest BCUT2D eigenvalue weighted by molar-refractivity contribution is 7.91. The Labute approximate surface area is 89.4 Å². The van der Waals surface area contributed by atoms with Crippen LogP contribution in [0.15, 0.2) is 6.33 Å². The van der Waals surface area contributed by atoms with Gasteiger partial charge in [0.25, 0.3) is 0 Å². The second-order valence-corrected chi connectivity index (χ2v) is 5.67. The molecule has 0 saturated heterocycles. The molecule has 0 bridgehead atoms. The fourth-order valence-electron chi connectivity index (χ4n) is 1.21. The van der Waals surface area contributed by atoms with Gasteiger partial charge in [-0.05, 0) is 6.42 Å². The van der Waals surface area contributed by atoms with Crippen LogP contribution in [0.25, 0.3) is 0 Å². The van der Waals surface area contributed by atoms with Gasteiger partial charge < -0.3 is 5.73 Å². The summed E-state index contributed by atoms with van der Waals surface area (Å²) in [6, 6.07) is 0. The van der Waals surface area contributed by atoms with Gasteiger partial charge in [0.1, 0.15) is 22.0 Å². The molecule has 1 heterocycles. The number of rotatable bonds is 6. The van der Waals surface area contributed by atoms with E-state index in [9.17, 15) is 8.42 Å². The normalized spacial score (nSPS) is 11.9. The van der Waals surface area contributed by atoms with Gasteiger partial charge >= 0.3 is 0 Å². The maximum atomic E-state index is 11.2. The lowest BCUT2D eigenvalue weighted by molar-refractivity contribution is 0.556. The fraction of sp³-hybridized carbons (Fsp3) is 0.750. The summed E-state index contributed by atoms with van der Waals surface area (Å²) in [4.78, 5) is 3.95. The molecule has 0 aliphatic carbocycles. The zero-order chi connectivity index (χ0) is 11.3. The molecule has 7 heteroatoms. The number of nitrogens with two attached hydrogens (primary N) is 1. The van der Waals surface area contributed by atoms with Crippen LogP contribution in [0.1, 0.15) is 19.2 Å². The molecule has 6 nitrogen and oxygen atoms in total. The standard InChI is InChI=1S/C8H16N4O2S/c1-2-15(13,14)5-3-4-12-8(6-9)10-7-11-12/h7H,2-6,9H2,1H3. The molecule has 2 N–H and O–H groups in total. The summed E-state index contributed by atoms with van der Waals surface area (Å²) in [5, 5.41) is 3.96. The molecule has 0 unspecified atom stereocenters. The SMILES string of the molecule is CCS(=O)(=O)CCCn1ncnc1CN. The number of hydrogen-bond acceptors (Lipinski definition) is 5. The molecule has 0 aliphatic rings. The van der Waals surface area contributed by atoms with Crippen LogP contribution in [0.2, 0.25) is 0 Å². The van der Waals surface area contributed by atoms with Crippen LogP contribution >= 0.6 is 0 Å². The van der Waals surface area contributed by atoms with Gasteiger partial charge in [0.05, 0.1) is 12.3 Å². The molecule has 15 heavy (non-hydrogen) atoms. The van der Waals surface area contributed by atoms with Crippen molar-refractivity contribution in [2.45, 2.75) is 26.4 Å². The minimum absolute atomic E-state index is 0.188. The van der Waals surface area contributed by atoms with Crippen molar-refractivity contribution in [3.8, 4) is 0 Å². The molecule has 0 amide bonds. The lowest BCUT2D eigenvalue weighted by Crippen LogP contribution is -2.14. The third-order valence-electron chi connectivity index (χ3n) is 2.14. The second-order valence-electron chi connectivity index (χ2n) is 3.19. The summed E-state index contributed by atoms with van der Waals surface area (Å²) in [5.41, 5.74) is 5.44. The maximum absolute atomic E-state index is 11.2. The van der Waals surface area contributed by atoms with Crippen LogP contribution in [-0.2, 0) is 22.9 Å². The van der Waals surface area contributed by atoms with Crippen molar-refractivity contribution < 1.29 is 8.42 Å². The molecule has 1 aromatic heterocycles. The first-order valence-electron chi connectivity index (χ1n) is 4.86. The van der Waals surface area contributed by atoms with Gasteiger partial charge in [-0.3, -0.25) is 0 Å². The number of aromatic nitrogens is 3. The Morgan fingerprint density at radius 2 is 2.27 bits per heavy atom. The Balaban J connectivity index is 2.45. The molecule has 0 fully saturated rings. The average molecular weight is 232 g/mol.